The lowest BCUT2D eigenvalue weighted by atomic mass is 10.0. The summed E-state index contributed by atoms with van der Waals surface area (Å²) in [6, 6.07) is 15.3. The Bertz CT molecular complexity index is 1100. The van der Waals surface area contributed by atoms with Gasteiger partial charge in [0.05, 0.1) is 26.4 Å². The number of hydrogen-bond donors (Lipinski definition) is 0. The van der Waals surface area contributed by atoms with Crippen LogP contribution >= 0.6 is 0 Å². The average molecular weight is 555 g/mol. The third-order valence-corrected chi connectivity index (χ3v) is 6.11. The van der Waals surface area contributed by atoms with Gasteiger partial charge in [-0.15, -0.1) is 0 Å². The number of unbranched alkanes of at least 4 members (excludes halogenated alkanes) is 3. The van der Waals surface area contributed by atoms with Crippen molar-refractivity contribution in [1.82, 2.24) is 0 Å². The van der Waals surface area contributed by atoms with Gasteiger partial charge in [-0.3, -0.25) is 0 Å². The van der Waals surface area contributed by atoms with Crippen LogP contribution in [-0.4, -0.2) is 56.5 Å². The van der Waals surface area contributed by atoms with Crippen LogP contribution in [0.15, 0.2) is 60.7 Å². The van der Waals surface area contributed by atoms with Crippen LogP contribution in [0.3, 0.4) is 0 Å². The maximum atomic E-state index is 12.3. The van der Waals surface area contributed by atoms with Crippen LogP contribution in [0.4, 0.5) is 0 Å². The predicted molar refractivity (Wildman–Crippen MR) is 147 cm³/mol. The van der Waals surface area contributed by atoms with E-state index in [1.165, 1.54) is 0 Å². The molecular weight excluding hydrogens is 516 g/mol. The molecule has 0 aromatic heterocycles. The van der Waals surface area contributed by atoms with Crippen LogP contribution in [0.25, 0.3) is 11.1 Å². The molecule has 0 amide bonds. The topological polar surface area (TPSA) is 107 Å². The van der Waals surface area contributed by atoms with Gasteiger partial charge in [0.1, 0.15) is 5.75 Å². The van der Waals surface area contributed by atoms with E-state index >= 15 is 0 Å². The Kier molecular flexibility index (Phi) is 12.2. The van der Waals surface area contributed by atoms with Gasteiger partial charge in [0, 0.05) is 11.1 Å². The van der Waals surface area contributed by atoms with Crippen molar-refractivity contribution in [2.24, 2.45) is 0 Å². The van der Waals surface area contributed by atoms with Crippen molar-refractivity contribution in [2.75, 3.05) is 26.4 Å². The molecule has 40 heavy (non-hydrogen) atoms. The first-order valence-electron chi connectivity index (χ1n) is 13.6. The molecular formula is C31H38O9. The van der Waals surface area contributed by atoms with E-state index < -0.39 is 30.4 Å². The fourth-order valence-electron chi connectivity index (χ4n) is 4.02. The van der Waals surface area contributed by atoms with Gasteiger partial charge in [-0.1, -0.05) is 43.0 Å². The molecule has 0 radical (unpaired) electrons. The molecule has 0 unspecified atom stereocenters. The zero-order chi connectivity index (χ0) is 28.9. The number of esters is 3. The molecule has 0 bridgehead atoms. The Morgan fingerprint density at radius 3 is 1.73 bits per heavy atom. The molecule has 216 valence electrons. The average Bonchev–Trinajstić information content (AvgIpc) is 3.41. The lowest BCUT2D eigenvalue weighted by Crippen LogP contribution is -2.39. The number of rotatable bonds is 15. The lowest BCUT2D eigenvalue weighted by Gasteiger charge is -2.13. The molecule has 1 fully saturated rings. The quantitative estimate of drug-likeness (QED) is 0.125. The summed E-state index contributed by atoms with van der Waals surface area (Å²) in [6.45, 7) is 9.91. The molecule has 1 aliphatic heterocycles. The summed E-state index contributed by atoms with van der Waals surface area (Å²) in [7, 11) is 0. The first-order chi connectivity index (χ1) is 19.3. The third kappa shape index (κ3) is 8.93. The van der Waals surface area contributed by atoms with Crippen molar-refractivity contribution in [3.8, 4) is 16.9 Å². The SMILES string of the molecule is C=C(C)C(=O)OCCCCCCOc1ccc(-c2ccc(C3O[C@@H](C(=O)OCC)[C@H](C(=O)OCC)O3)cc2)cc1. The molecule has 0 aliphatic carbocycles. The minimum atomic E-state index is -1.19. The molecule has 2 aromatic carbocycles. The van der Waals surface area contributed by atoms with Crippen LogP contribution in [0.5, 0.6) is 5.75 Å². The van der Waals surface area contributed by atoms with Gasteiger partial charge in [0.15, 0.2) is 18.5 Å². The summed E-state index contributed by atoms with van der Waals surface area (Å²) in [5.74, 6) is -0.876. The first kappa shape index (κ1) is 30.8. The fourth-order valence-corrected chi connectivity index (χ4v) is 4.02. The van der Waals surface area contributed by atoms with Crippen molar-refractivity contribution < 1.29 is 42.8 Å². The molecule has 3 rings (SSSR count). The first-order valence-corrected chi connectivity index (χ1v) is 13.6. The van der Waals surface area contributed by atoms with Crippen LogP contribution in [0.2, 0.25) is 0 Å². The number of carbonyl (C=O) groups is 3. The monoisotopic (exact) mass is 554 g/mol. The highest BCUT2D eigenvalue weighted by molar-refractivity contribution is 5.87. The number of ether oxygens (including phenoxy) is 6. The smallest absolute Gasteiger partial charge is 0.338 e. The Labute approximate surface area is 235 Å². The van der Waals surface area contributed by atoms with Crippen molar-refractivity contribution >= 4 is 17.9 Å². The molecule has 1 saturated heterocycles. The molecule has 2 aromatic rings. The second kappa shape index (κ2) is 15.8. The van der Waals surface area contributed by atoms with E-state index in [4.69, 9.17) is 28.4 Å². The van der Waals surface area contributed by atoms with Crippen LogP contribution < -0.4 is 4.74 Å². The van der Waals surface area contributed by atoms with E-state index in [1.807, 2.05) is 48.5 Å². The molecule has 0 N–H and O–H groups in total. The van der Waals surface area contributed by atoms with Gasteiger partial charge in [-0.05, 0) is 69.7 Å². The minimum absolute atomic E-state index is 0.161. The fraction of sp³-hybridized carbons (Fsp3) is 0.452. The summed E-state index contributed by atoms with van der Waals surface area (Å²) >= 11 is 0. The Morgan fingerprint density at radius 2 is 1.23 bits per heavy atom. The van der Waals surface area contributed by atoms with Crippen LogP contribution in [0, 0.1) is 0 Å². The lowest BCUT2D eigenvalue weighted by molar-refractivity contribution is -0.163. The molecule has 1 heterocycles. The summed E-state index contributed by atoms with van der Waals surface area (Å²) in [5.41, 5.74) is 3.06. The number of hydrogen-bond acceptors (Lipinski definition) is 9. The van der Waals surface area contributed by atoms with E-state index in [0.29, 0.717) is 24.4 Å². The summed E-state index contributed by atoms with van der Waals surface area (Å²) in [6.07, 6.45) is 0.404. The summed E-state index contributed by atoms with van der Waals surface area (Å²) in [5, 5.41) is 0. The Hall–Kier alpha value is -3.69. The standard InChI is InChI=1S/C31H38O9/c1-5-35-29(33)26-27(30(34)36-6-2)40-31(39-26)24-13-11-22(12-14-24)23-15-17-25(18-16-23)37-19-9-7-8-10-20-38-28(32)21(3)4/h11-18,26-27,31H,3,5-10,19-20H2,1-2,4H3/t26-,27-/m1/s1. The van der Waals surface area contributed by atoms with E-state index in [1.54, 1.807) is 20.8 Å². The molecule has 9 heteroatoms. The highest BCUT2D eigenvalue weighted by atomic mass is 16.8. The zero-order valence-corrected chi connectivity index (χ0v) is 23.4. The number of carbonyl (C=O) groups excluding carboxylic acids is 3. The minimum Gasteiger partial charge on any atom is -0.494 e. The molecule has 0 saturated carbocycles. The van der Waals surface area contributed by atoms with Gasteiger partial charge < -0.3 is 28.4 Å². The summed E-state index contributed by atoms with van der Waals surface area (Å²) < 4.78 is 32.5. The third-order valence-electron chi connectivity index (χ3n) is 6.11. The van der Waals surface area contributed by atoms with E-state index in [9.17, 15) is 14.4 Å². The number of benzene rings is 2. The second-order valence-corrected chi connectivity index (χ2v) is 9.27. The maximum absolute atomic E-state index is 12.3. The van der Waals surface area contributed by atoms with Gasteiger partial charge >= 0.3 is 17.9 Å². The molecule has 9 nitrogen and oxygen atoms in total. The van der Waals surface area contributed by atoms with Crippen molar-refractivity contribution in [2.45, 2.75) is 65.0 Å². The molecule has 0 spiro atoms. The highest BCUT2D eigenvalue weighted by Crippen LogP contribution is 2.34. The largest absolute Gasteiger partial charge is 0.494 e. The normalized spacial score (nSPS) is 16.8. The van der Waals surface area contributed by atoms with Crippen molar-refractivity contribution in [3.05, 3.63) is 66.2 Å². The van der Waals surface area contributed by atoms with Crippen molar-refractivity contribution in [3.63, 3.8) is 0 Å². The van der Waals surface area contributed by atoms with E-state index in [2.05, 4.69) is 6.58 Å². The molecule has 2 atom stereocenters. The Balaban J connectivity index is 1.47. The van der Waals surface area contributed by atoms with Gasteiger partial charge in [0.2, 0.25) is 0 Å². The van der Waals surface area contributed by atoms with Crippen LogP contribution in [-0.2, 0) is 38.1 Å². The predicted octanol–water partition coefficient (Wildman–Crippen LogP) is 5.32. The zero-order valence-electron chi connectivity index (χ0n) is 23.4. The van der Waals surface area contributed by atoms with E-state index in [-0.39, 0.29) is 19.2 Å². The Morgan fingerprint density at radius 1 is 0.725 bits per heavy atom. The molecule has 1 aliphatic rings. The highest BCUT2D eigenvalue weighted by Gasteiger charge is 2.47. The van der Waals surface area contributed by atoms with Gasteiger partial charge in [0.25, 0.3) is 0 Å². The maximum Gasteiger partial charge on any atom is 0.338 e. The van der Waals surface area contributed by atoms with Gasteiger partial charge in [-0.25, -0.2) is 14.4 Å². The van der Waals surface area contributed by atoms with Crippen LogP contribution in [0.1, 0.15) is 58.3 Å². The van der Waals surface area contributed by atoms with Crippen molar-refractivity contribution in [1.29, 1.82) is 0 Å². The van der Waals surface area contributed by atoms with Gasteiger partial charge in [-0.2, -0.15) is 0 Å². The second-order valence-electron chi connectivity index (χ2n) is 9.27. The van der Waals surface area contributed by atoms with E-state index in [0.717, 1.165) is 42.6 Å². The summed E-state index contributed by atoms with van der Waals surface area (Å²) in [4.78, 5) is 36.0.